The van der Waals surface area contributed by atoms with E-state index in [0.29, 0.717) is 18.1 Å². The van der Waals surface area contributed by atoms with Crippen LogP contribution >= 0.6 is 0 Å². The first-order chi connectivity index (χ1) is 14.0. The minimum absolute atomic E-state index is 0.285. The molecule has 0 saturated heterocycles. The van der Waals surface area contributed by atoms with Crippen molar-refractivity contribution in [3.63, 3.8) is 0 Å². The summed E-state index contributed by atoms with van der Waals surface area (Å²) >= 11 is 0. The summed E-state index contributed by atoms with van der Waals surface area (Å²) in [6, 6.07) is 13.6. The Bertz CT molecular complexity index is 1190. The second-order valence-corrected chi connectivity index (χ2v) is 7.19. The van der Waals surface area contributed by atoms with Gasteiger partial charge in [-0.1, -0.05) is 18.2 Å². The van der Waals surface area contributed by atoms with Gasteiger partial charge in [-0.25, -0.2) is 4.68 Å². The van der Waals surface area contributed by atoms with E-state index in [9.17, 15) is 4.79 Å². The van der Waals surface area contributed by atoms with E-state index in [4.69, 9.17) is 9.15 Å². The van der Waals surface area contributed by atoms with Crippen LogP contribution in [-0.2, 0) is 6.54 Å². The third-order valence-corrected chi connectivity index (χ3v) is 5.03. The van der Waals surface area contributed by atoms with Crippen molar-refractivity contribution in [2.24, 2.45) is 0 Å². The predicted molar refractivity (Wildman–Crippen MR) is 113 cm³/mol. The molecule has 2 aromatic heterocycles. The fraction of sp³-hybridized carbons (Fsp3) is 0.217. The summed E-state index contributed by atoms with van der Waals surface area (Å²) in [5, 5.41) is 8.25. The number of nitrogens with one attached hydrogen (secondary N) is 1. The summed E-state index contributed by atoms with van der Waals surface area (Å²) in [7, 11) is 1.64. The molecule has 0 spiro atoms. The largest absolute Gasteiger partial charge is 0.497 e. The quantitative estimate of drug-likeness (QED) is 0.529. The Morgan fingerprint density at radius 1 is 1.14 bits per heavy atom. The van der Waals surface area contributed by atoms with Crippen molar-refractivity contribution in [1.82, 2.24) is 9.78 Å². The van der Waals surface area contributed by atoms with Gasteiger partial charge in [0, 0.05) is 17.0 Å². The number of benzene rings is 2. The van der Waals surface area contributed by atoms with Crippen LogP contribution in [0.3, 0.4) is 0 Å². The average Bonchev–Trinajstić information content (AvgIpc) is 3.26. The maximum atomic E-state index is 12.9. The first-order valence-electron chi connectivity index (χ1n) is 9.42. The minimum atomic E-state index is -0.285. The minimum Gasteiger partial charge on any atom is -0.497 e. The highest BCUT2D eigenvalue weighted by Gasteiger charge is 2.20. The first kappa shape index (κ1) is 18.8. The molecule has 1 amide bonds. The number of rotatable bonds is 5. The summed E-state index contributed by atoms with van der Waals surface area (Å²) < 4.78 is 12.8. The third kappa shape index (κ3) is 3.61. The average molecular weight is 389 g/mol. The number of fused-ring (bicyclic) bond motifs is 1. The normalized spacial score (nSPS) is 11.0. The molecular formula is C23H23N3O3. The molecule has 148 valence electrons. The lowest BCUT2D eigenvalue weighted by atomic mass is 10.0. The molecule has 2 heterocycles. The van der Waals surface area contributed by atoms with Crippen LogP contribution in [-0.4, -0.2) is 22.8 Å². The van der Waals surface area contributed by atoms with Gasteiger partial charge < -0.3 is 14.5 Å². The summed E-state index contributed by atoms with van der Waals surface area (Å²) in [5.41, 5.74) is 4.84. The monoisotopic (exact) mass is 389 g/mol. The summed E-state index contributed by atoms with van der Waals surface area (Å²) in [6.45, 7) is 6.49. The van der Waals surface area contributed by atoms with Crippen LogP contribution in [0.15, 0.2) is 53.1 Å². The number of furan rings is 1. The number of ether oxygens (including phenoxy) is 1. The molecule has 6 nitrogen and oxygen atoms in total. The Labute approximate surface area is 169 Å². The van der Waals surface area contributed by atoms with E-state index in [1.807, 2.05) is 51.1 Å². The van der Waals surface area contributed by atoms with E-state index >= 15 is 0 Å². The van der Waals surface area contributed by atoms with Crippen molar-refractivity contribution in [2.45, 2.75) is 27.3 Å². The number of amides is 1. The number of hydrogen-bond acceptors (Lipinski definition) is 4. The molecule has 0 radical (unpaired) electrons. The summed E-state index contributed by atoms with van der Waals surface area (Å²) in [4.78, 5) is 12.9. The number of aryl methyl sites for hydroxylation is 3. The van der Waals surface area contributed by atoms with Gasteiger partial charge in [-0.3, -0.25) is 4.79 Å². The molecule has 2 aromatic carbocycles. The topological polar surface area (TPSA) is 69.3 Å². The van der Waals surface area contributed by atoms with Crippen molar-refractivity contribution in [3.8, 4) is 5.75 Å². The molecule has 0 bridgehead atoms. The molecule has 0 saturated carbocycles. The van der Waals surface area contributed by atoms with Gasteiger partial charge in [0.2, 0.25) is 0 Å². The number of carbonyl (C=O) groups excluding carboxylic acids is 1. The van der Waals surface area contributed by atoms with Gasteiger partial charge in [0.1, 0.15) is 17.2 Å². The Kier molecular flexibility index (Phi) is 4.84. The fourth-order valence-electron chi connectivity index (χ4n) is 3.65. The van der Waals surface area contributed by atoms with E-state index in [2.05, 4.69) is 16.5 Å². The van der Waals surface area contributed by atoms with Crippen molar-refractivity contribution in [3.05, 3.63) is 76.7 Å². The second kappa shape index (κ2) is 7.47. The molecule has 0 aliphatic carbocycles. The van der Waals surface area contributed by atoms with E-state index in [1.165, 1.54) is 0 Å². The van der Waals surface area contributed by atoms with Gasteiger partial charge in [0.05, 0.1) is 19.9 Å². The van der Waals surface area contributed by atoms with Crippen LogP contribution in [0.2, 0.25) is 0 Å². The Morgan fingerprint density at radius 2 is 1.90 bits per heavy atom. The van der Waals surface area contributed by atoms with E-state index in [1.54, 1.807) is 24.1 Å². The highest BCUT2D eigenvalue weighted by molar-refractivity contribution is 6.06. The lowest BCUT2D eigenvalue weighted by Crippen LogP contribution is -2.16. The lowest BCUT2D eigenvalue weighted by Gasteiger charge is -2.09. The van der Waals surface area contributed by atoms with Gasteiger partial charge in [0.25, 0.3) is 5.91 Å². The standard InChI is InChI=1S/C23H23N3O3/c1-14-11-15(2)21-16(3)22(29-19(21)12-14)23(27)25-20-9-10-24-26(20)13-17-5-7-18(28-4)8-6-17/h5-12H,13H2,1-4H3,(H,25,27). The fourth-order valence-corrected chi connectivity index (χ4v) is 3.65. The second-order valence-electron chi connectivity index (χ2n) is 7.19. The predicted octanol–water partition coefficient (Wildman–Crippen LogP) is 4.86. The van der Waals surface area contributed by atoms with Crippen molar-refractivity contribution >= 4 is 22.7 Å². The van der Waals surface area contributed by atoms with Crippen LogP contribution in [0.1, 0.15) is 32.8 Å². The van der Waals surface area contributed by atoms with Gasteiger partial charge in [0.15, 0.2) is 5.76 Å². The van der Waals surface area contributed by atoms with Crippen LogP contribution < -0.4 is 10.1 Å². The summed E-state index contributed by atoms with van der Waals surface area (Å²) in [5.74, 6) is 1.45. The molecule has 4 rings (SSSR count). The Hall–Kier alpha value is -3.54. The number of anilines is 1. The van der Waals surface area contributed by atoms with Crippen molar-refractivity contribution in [2.75, 3.05) is 12.4 Å². The van der Waals surface area contributed by atoms with Crippen molar-refractivity contribution in [1.29, 1.82) is 0 Å². The Morgan fingerprint density at radius 3 is 2.62 bits per heavy atom. The molecular weight excluding hydrogens is 366 g/mol. The van der Waals surface area contributed by atoms with E-state index in [-0.39, 0.29) is 5.91 Å². The molecule has 1 N–H and O–H groups in total. The zero-order valence-corrected chi connectivity index (χ0v) is 16.9. The molecule has 6 heteroatoms. The maximum absolute atomic E-state index is 12.9. The van der Waals surface area contributed by atoms with Crippen molar-refractivity contribution < 1.29 is 13.9 Å². The Balaban J connectivity index is 1.58. The van der Waals surface area contributed by atoms with Crippen LogP contribution in [0, 0.1) is 20.8 Å². The molecule has 0 aliphatic rings. The molecule has 0 atom stereocenters. The molecule has 4 aromatic rings. The van der Waals surface area contributed by atoms with Crippen LogP contribution in [0.25, 0.3) is 11.0 Å². The zero-order valence-electron chi connectivity index (χ0n) is 16.9. The van der Waals surface area contributed by atoms with Gasteiger partial charge in [-0.2, -0.15) is 5.10 Å². The number of aromatic nitrogens is 2. The van der Waals surface area contributed by atoms with E-state index < -0.39 is 0 Å². The van der Waals surface area contributed by atoms with Gasteiger partial charge in [-0.05, 0) is 55.7 Å². The highest BCUT2D eigenvalue weighted by atomic mass is 16.5. The van der Waals surface area contributed by atoms with Crippen LogP contribution in [0.5, 0.6) is 5.75 Å². The first-order valence-corrected chi connectivity index (χ1v) is 9.42. The number of nitrogens with zero attached hydrogens (tertiary/aromatic N) is 2. The SMILES string of the molecule is COc1ccc(Cn2nccc2NC(=O)c2oc3cc(C)cc(C)c3c2C)cc1. The maximum Gasteiger partial charge on any atom is 0.292 e. The van der Waals surface area contributed by atoms with Crippen LogP contribution in [0.4, 0.5) is 5.82 Å². The molecule has 0 aliphatic heterocycles. The lowest BCUT2D eigenvalue weighted by molar-refractivity contribution is 0.0997. The highest BCUT2D eigenvalue weighted by Crippen LogP contribution is 2.30. The molecule has 29 heavy (non-hydrogen) atoms. The summed E-state index contributed by atoms with van der Waals surface area (Å²) in [6.07, 6.45) is 1.66. The van der Waals surface area contributed by atoms with E-state index in [0.717, 1.165) is 39.0 Å². The zero-order chi connectivity index (χ0) is 20.5. The smallest absolute Gasteiger partial charge is 0.292 e. The third-order valence-electron chi connectivity index (χ3n) is 5.03. The van der Waals surface area contributed by atoms with Gasteiger partial charge in [-0.15, -0.1) is 0 Å². The number of hydrogen-bond donors (Lipinski definition) is 1. The molecule has 0 fully saturated rings. The number of methoxy groups -OCH3 is 1. The number of carbonyl (C=O) groups is 1. The van der Waals surface area contributed by atoms with Gasteiger partial charge >= 0.3 is 0 Å². The molecule has 0 unspecified atom stereocenters.